The van der Waals surface area contributed by atoms with Crippen LogP contribution in [0.1, 0.15) is 26.2 Å². The molecule has 0 aromatic carbocycles. The van der Waals surface area contributed by atoms with Gasteiger partial charge in [-0.3, -0.25) is 4.79 Å². The summed E-state index contributed by atoms with van der Waals surface area (Å²) in [6.07, 6.45) is 5.47. The number of amides is 1. The molecule has 1 saturated heterocycles. The first kappa shape index (κ1) is 20.9. The molecule has 0 unspecified atom stereocenters. The predicted octanol–water partition coefficient (Wildman–Crippen LogP) is 0.111. The Morgan fingerprint density at radius 3 is 2.67 bits per heavy atom. The number of nitrogens with one attached hydrogen (secondary N) is 2. The molecule has 138 valence electrons. The lowest BCUT2D eigenvalue weighted by Gasteiger charge is -2.34. The molecule has 0 bridgehead atoms. The van der Waals surface area contributed by atoms with Crippen LogP contribution in [-0.4, -0.2) is 61.0 Å². The summed E-state index contributed by atoms with van der Waals surface area (Å²) in [7, 11) is -2.06. The van der Waals surface area contributed by atoms with E-state index in [1.165, 1.54) is 12.5 Å². The van der Waals surface area contributed by atoms with Gasteiger partial charge in [0, 0.05) is 25.8 Å². The number of aromatic nitrogens is 2. The van der Waals surface area contributed by atoms with Gasteiger partial charge in [-0.25, -0.2) is 18.1 Å². The molecule has 1 amide bonds. The number of rotatable bonds is 7. The molecule has 1 aliphatic rings. The quantitative estimate of drug-likeness (QED) is 0.701. The number of imidazole rings is 1. The van der Waals surface area contributed by atoms with Crippen LogP contribution < -0.4 is 10.0 Å². The van der Waals surface area contributed by atoms with E-state index in [1.54, 1.807) is 11.6 Å². The molecule has 2 N–H and O–H groups in total. The summed E-state index contributed by atoms with van der Waals surface area (Å²) >= 11 is 0. The van der Waals surface area contributed by atoms with Crippen LogP contribution in [-0.2, 0) is 21.9 Å². The molecule has 1 aliphatic heterocycles. The Morgan fingerprint density at radius 2 is 2.12 bits per heavy atom. The maximum absolute atomic E-state index is 12.5. The maximum atomic E-state index is 12.5. The van der Waals surface area contributed by atoms with Gasteiger partial charge >= 0.3 is 0 Å². The molecule has 1 fully saturated rings. The third-order valence-corrected chi connectivity index (χ3v) is 5.19. The number of carbonyl (C=O) groups is 1. The van der Waals surface area contributed by atoms with E-state index in [0.717, 1.165) is 32.4 Å². The van der Waals surface area contributed by atoms with E-state index in [1.807, 2.05) is 11.8 Å². The number of carbonyl (C=O) groups excluding carboxylic acids is 1. The number of hydrogen-bond donors (Lipinski definition) is 2. The smallest absolute Gasteiger partial charge is 0.260 e. The number of nitrogens with zero attached hydrogens (tertiary/aromatic N) is 3. The van der Waals surface area contributed by atoms with Gasteiger partial charge in [-0.05, 0) is 32.4 Å². The molecular formula is C14H26ClN5O3S. The van der Waals surface area contributed by atoms with E-state index in [4.69, 9.17) is 0 Å². The maximum Gasteiger partial charge on any atom is 0.260 e. The van der Waals surface area contributed by atoms with Gasteiger partial charge in [0.05, 0.1) is 12.9 Å². The summed E-state index contributed by atoms with van der Waals surface area (Å²) in [5, 5.41) is 3.20. The van der Waals surface area contributed by atoms with Crippen LogP contribution >= 0.6 is 12.4 Å². The number of piperidine rings is 1. The number of aryl methyl sites for hydroxylation is 1. The topological polar surface area (TPSA) is 96.3 Å². The number of hydrogen-bond acceptors (Lipinski definition) is 5. The summed E-state index contributed by atoms with van der Waals surface area (Å²) < 4.78 is 28.2. The molecule has 2 heterocycles. The molecule has 0 atom stereocenters. The molecule has 0 aliphatic carbocycles. The zero-order valence-corrected chi connectivity index (χ0v) is 15.7. The zero-order chi connectivity index (χ0) is 16.9. The minimum absolute atomic E-state index is 0. The number of sulfonamides is 1. The first-order chi connectivity index (χ1) is 10.9. The summed E-state index contributed by atoms with van der Waals surface area (Å²) in [5.41, 5.74) is 0. The van der Waals surface area contributed by atoms with Crippen LogP contribution in [0.2, 0.25) is 0 Å². The van der Waals surface area contributed by atoms with Crippen molar-refractivity contribution in [2.75, 3.05) is 26.2 Å². The lowest BCUT2D eigenvalue weighted by molar-refractivity contribution is -0.132. The van der Waals surface area contributed by atoms with E-state index < -0.39 is 10.0 Å². The molecule has 1 aromatic heterocycles. The fourth-order valence-corrected chi connectivity index (χ4v) is 3.68. The van der Waals surface area contributed by atoms with Gasteiger partial charge in [-0.2, -0.15) is 0 Å². The third-order valence-electron chi connectivity index (χ3n) is 3.90. The monoisotopic (exact) mass is 379 g/mol. The Kier molecular flexibility index (Phi) is 8.14. The van der Waals surface area contributed by atoms with Crippen molar-refractivity contribution in [3.05, 3.63) is 12.5 Å². The van der Waals surface area contributed by atoms with Gasteiger partial charge in [-0.15, -0.1) is 12.4 Å². The zero-order valence-electron chi connectivity index (χ0n) is 14.1. The summed E-state index contributed by atoms with van der Waals surface area (Å²) in [6, 6.07) is 0.183. The Hall–Kier alpha value is -1.16. The van der Waals surface area contributed by atoms with Crippen LogP contribution in [0.5, 0.6) is 0 Å². The van der Waals surface area contributed by atoms with E-state index in [2.05, 4.69) is 15.0 Å². The van der Waals surface area contributed by atoms with Crippen molar-refractivity contribution in [2.24, 2.45) is 7.05 Å². The molecule has 24 heavy (non-hydrogen) atoms. The lowest BCUT2D eigenvalue weighted by atomic mass is 10.0. The first-order valence-corrected chi connectivity index (χ1v) is 9.40. The minimum atomic E-state index is -3.76. The highest BCUT2D eigenvalue weighted by molar-refractivity contribution is 7.89. The van der Waals surface area contributed by atoms with Gasteiger partial charge in [0.15, 0.2) is 5.03 Å². The SMILES string of the molecule is CCCN(C(=O)CNS(=O)(=O)c1cn(C)cn1)C1CCNCC1.Cl. The Bertz CT molecular complexity index is 628. The second-order valence-electron chi connectivity index (χ2n) is 5.77. The van der Waals surface area contributed by atoms with Crippen LogP contribution in [0, 0.1) is 0 Å². The van der Waals surface area contributed by atoms with Crippen LogP contribution in [0.15, 0.2) is 17.6 Å². The molecule has 10 heteroatoms. The average molecular weight is 380 g/mol. The molecule has 0 spiro atoms. The minimum Gasteiger partial charge on any atom is -0.339 e. The van der Waals surface area contributed by atoms with E-state index in [-0.39, 0.29) is 35.9 Å². The van der Waals surface area contributed by atoms with Crippen molar-refractivity contribution in [3.8, 4) is 0 Å². The Morgan fingerprint density at radius 1 is 1.46 bits per heavy atom. The van der Waals surface area contributed by atoms with Crippen molar-refractivity contribution >= 4 is 28.3 Å². The van der Waals surface area contributed by atoms with Gasteiger partial charge in [0.1, 0.15) is 0 Å². The molecule has 2 rings (SSSR count). The van der Waals surface area contributed by atoms with E-state index in [9.17, 15) is 13.2 Å². The highest BCUT2D eigenvalue weighted by atomic mass is 35.5. The molecular weight excluding hydrogens is 354 g/mol. The lowest BCUT2D eigenvalue weighted by Crippen LogP contribution is -2.49. The van der Waals surface area contributed by atoms with Gasteiger partial charge in [-0.1, -0.05) is 6.92 Å². The van der Waals surface area contributed by atoms with Gasteiger partial charge in [0.2, 0.25) is 5.91 Å². The summed E-state index contributed by atoms with van der Waals surface area (Å²) in [6.45, 7) is 4.20. The predicted molar refractivity (Wildman–Crippen MR) is 93.5 cm³/mol. The van der Waals surface area contributed by atoms with E-state index >= 15 is 0 Å². The Balaban J connectivity index is 0.00000288. The third kappa shape index (κ3) is 5.44. The van der Waals surface area contributed by atoms with E-state index in [0.29, 0.717) is 6.54 Å². The van der Waals surface area contributed by atoms with Crippen LogP contribution in [0.4, 0.5) is 0 Å². The van der Waals surface area contributed by atoms with Crippen molar-refractivity contribution in [1.82, 2.24) is 24.5 Å². The standard InChI is InChI=1S/C14H25N5O3S.ClH/c1-3-8-19(12-4-6-15-7-5-12)14(20)9-17-23(21,22)13-10-18(2)11-16-13;/h10-12,15,17H,3-9H2,1-2H3;1H. The summed E-state index contributed by atoms with van der Waals surface area (Å²) in [4.78, 5) is 18.1. The largest absolute Gasteiger partial charge is 0.339 e. The van der Waals surface area contributed by atoms with Gasteiger partial charge < -0.3 is 14.8 Å². The summed E-state index contributed by atoms with van der Waals surface area (Å²) in [5.74, 6) is -0.182. The normalized spacial score (nSPS) is 15.8. The van der Waals surface area contributed by atoms with Crippen molar-refractivity contribution in [1.29, 1.82) is 0 Å². The van der Waals surface area contributed by atoms with Crippen molar-refractivity contribution in [2.45, 2.75) is 37.3 Å². The van der Waals surface area contributed by atoms with Gasteiger partial charge in [0.25, 0.3) is 10.0 Å². The fourth-order valence-electron chi connectivity index (χ4n) is 2.73. The van der Waals surface area contributed by atoms with Crippen LogP contribution in [0.25, 0.3) is 0 Å². The van der Waals surface area contributed by atoms with Crippen molar-refractivity contribution < 1.29 is 13.2 Å². The molecule has 0 saturated carbocycles. The molecule has 0 radical (unpaired) electrons. The second kappa shape index (κ2) is 9.36. The fraction of sp³-hybridized carbons (Fsp3) is 0.714. The van der Waals surface area contributed by atoms with Crippen molar-refractivity contribution in [3.63, 3.8) is 0 Å². The number of halogens is 1. The highest BCUT2D eigenvalue weighted by Crippen LogP contribution is 2.13. The first-order valence-electron chi connectivity index (χ1n) is 7.92. The molecule has 8 nitrogen and oxygen atoms in total. The Labute approximate surface area is 149 Å². The van der Waals surface area contributed by atoms with Crippen LogP contribution in [0.3, 0.4) is 0 Å². The average Bonchev–Trinajstić information content (AvgIpc) is 2.99. The second-order valence-corrected chi connectivity index (χ2v) is 7.48. The molecule has 1 aromatic rings. The highest BCUT2D eigenvalue weighted by Gasteiger charge is 2.26.